The molecule has 6 nitrogen and oxygen atoms in total. The van der Waals surface area contributed by atoms with Crippen LogP contribution in [0.5, 0.6) is 0 Å². The van der Waals surface area contributed by atoms with Gasteiger partial charge in [-0.25, -0.2) is 14.1 Å². The Balaban J connectivity index is 1.28. The minimum absolute atomic E-state index is 0.106. The fourth-order valence-corrected chi connectivity index (χ4v) is 4.45. The van der Waals surface area contributed by atoms with Gasteiger partial charge in [-0.1, -0.05) is 36.4 Å². The summed E-state index contributed by atoms with van der Waals surface area (Å²) in [5.74, 6) is 0.963. The summed E-state index contributed by atoms with van der Waals surface area (Å²) in [4.78, 5) is 17.0. The van der Waals surface area contributed by atoms with E-state index in [1.165, 1.54) is 23.4 Å². The molecule has 0 saturated heterocycles. The molecule has 4 aromatic rings. The molecule has 2 aromatic carbocycles. The molecule has 0 radical (unpaired) electrons. The lowest BCUT2D eigenvalue weighted by atomic mass is 9.88. The number of anilines is 1. The number of benzene rings is 2. The second-order valence-electron chi connectivity index (χ2n) is 8.37. The lowest BCUT2D eigenvalue weighted by Gasteiger charge is -2.27. The van der Waals surface area contributed by atoms with Crippen molar-refractivity contribution in [3.05, 3.63) is 89.3 Å². The molecule has 0 aliphatic heterocycles. The molecule has 0 bridgehead atoms. The van der Waals surface area contributed by atoms with Gasteiger partial charge in [0.05, 0.1) is 24.0 Å². The van der Waals surface area contributed by atoms with Crippen LogP contribution in [-0.2, 0) is 17.6 Å². The van der Waals surface area contributed by atoms with Crippen LogP contribution >= 0.6 is 0 Å². The number of rotatable bonds is 6. The van der Waals surface area contributed by atoms with Gasteiger partial charge in [-0.2, -0.15) is 5.10 Å². The summed E-state index contributed by atoms with van der Waals surface area (Å²) in [6.45, 7) is 1.95. The third kappa shape index (κ3) is 4.31. The average molecular weight is 445 g/mol. The van der Waals surface area contributed by atoms with Gasteiger partial charge in [-0.3, -0.25) is 4.79 Å². The van der Waals surface area contributed by atoms with Gasteiger partial charge in [0.25, 0.3) is 0 Å². The van der Waals surface area contributed by atoms with Crippen molar-refractivity contribution in [3.8, 4) is 11.3 Å². The number of nitrogens with one attached hydrogen (secondary N) is 1. The van der Waals surface area contributed by atoms with Gasteiger partial charge >= 0.3 is 0 Å². The van der Waals surface area contributed by atoms with Crippen LogP contribution in [-0.4, -0.2) is 20.7 Å². The second-order valence-corrected chi connectivity index (χ2v) is 8.37. The molecule has 2 heterocycles. The summed E-state index contributed by atoms with van der Waals surface area (Å²) < 4.78 is 21.6. The van der Waals surface area contributed by atoms with Crippen molar-refractivity contribution in [1.29, 1.82) is 0 Å². The highest BCUT2D eigenvalue weighted by Gasteiger charge is 2.25. The van der Waals surface area contributed by atoms with Crippen LogP contribution in [0, 0.1) is 12.7 Å². The Bertz CT molecular complexity index is 1290. The summed E-state index contributed by atoms with van der Waals surface area (Å²) in [5.41, 5.74) is 3.88. The van der Waals surface area contributed by atoms with Gasteiger partial charge in [0.2, 0.25) is 5.91 Å². The fraction of sp³-hybridized carbons (Fsp3) is 0.269. The average Bonchev–Trinajstić information content (AvgIpc) is 3.45. The molecule has 0 fully saturated rings. The molecule has 7 heteroatoms. The van der Waals surface area contributed by atoms with E-state index in [1.54, 1.807) is 24.4 Å². The van der Waals surface area contributed by atoms with Crippen LogP contribution in [0.15, 0.2) is 65.3 Å². The highest BCUT2D eigenvalue weighted by molar-refractivity contribution is 5.90. The van der Waals surface area contributed by atoms with Crippen molar-refractivity contribution >= 4 is 11.7 Å². The van der Waals surface area contributed by atoms with Crippen molar-refractivity contribution < 1.29 is 13.6 Å². The van der Waals surface area contributed by atoms with Gasteiger partial charge in [0.1, 0.15) is 11.6 Å². The van der Waals surface area contributed by atoms with Gasteiger partial charge in [0, 0.05) is 18.4 Å². The topological polar surface area (TPSA) is 73.0 Å². The Hall–Kier alpha value is -3.74. The van der Waals surface area contributed by atoms with Crippen LogP contribution in [0.3, 0.4) is 0 Å². The number of hydrogen-bond acceptors (Lipinski definition) is 4. The van der Waals surface area contributed by atoms with Crippen LogP contribution in [0.2, 0.25) is 0 Å². The van der Waals surface area contributed by atoms with Crippen LogP contribution in [0.25, 0.3) is 11.3 Å². The van der Waals surface area contributed by atoms with E-state index >= 15 is 0 Å². The number of aryl methyl sites for hydroxylation is 3. The molecule has 1 atom stereocenters. The van der Waals surface area contributed by atoms with Crippen molar-refractivity contribution in [1.82, 2.24) is 14.8 Å². The maximum atomic E-state index is 14.0. The Morgan fingerprint density at radius 1 is 1.18 bits per heavy atom. The smallest absolute Gasteiger partial charge is 0.226 e. The number of nitrogens with zero attached hydrogens (tertiary/aromatic N) is 3. The molecule has 1 unspecified atom stereocenters. The summed E-state index contributed by atoms with van der Waals surface area (Å²) in [6, 6.07) is 14.9. The predicted octanol–water partition coefficient (Wildman–Crippen LogP) is 5.48. The first-order valence-electron chi connectivity index (χ1n) is 11.2. The van der Waals surface area contributed by atoms with Gasteiger partial charge < -0.3 is 9.73 Å². The van der Waals surface area contributed by atoms with E-state index in [1.807, 2.05) is 11.6 Å². The minimum Gasteiger partial charge on any atom is -0.441 e. The maximum Gasteiger partial charge on any atom is 0.226 e. The lowest BCUT2D eigenvalue weighted by Crippen LogP contribution is -2.22. The first-order chi connectivity index (χ1) is 16.1. The number of amides is 1. The number of hydrogen-bond donors (Lipinski definition) is 1. The quantitative estimate of drug-likeness (QED) is 0.427. The first kappa shape index (κ1) is 21.1. The summed E-state index contributed by atoms with van der Waals surface area (Å²) >= 11 is 0. The molecule has 0 spiro atoms. The Morgan fingerprint density at radius 3 is 2.88 bits per heavy atom. The first-order valence-corrected chi connectivity index (χ1v) is 11.2. The molecule has 1 N–H and O–H groups in total. The number of oxazole rings is 1. The maximum absolute atomic E-state index is 14.0. The zero-order chi connectivity index (χ0) is 22.8. The third-order valence-electron chi connectivity index (χ3n) is 6.13. The molecular weight excluding hydrogens is 419 g/mol. The summed E-state index contributed by atoms with van der Waals surface area (Å²) in [5, 5.41) is 7.63. The number of halogens is 1. The van der Waals surface area contributed by atoms with Crippen molar-refractivity contribution in [2.24, 2.45) is 0 Å². The number of fused-ring (bicyclic) bond motifs is 1. The molecule has 168 valence electrons. The largest absolute Gasteiger partial charge is 0.441 e. The molecule has 5 rings (SSSR count). The summed E-state index contributed by atoms with van der Waals surface area (Å²) in [7, 11) is 0. The van der Waals surface area contributed by atoms with Crippen LogP contribution in [0.4, 0.5) is 10.2 Å². The van der Waals surface area contributed by atoms with E-state index in [2.05, 4.69) is 39.7 Å². The van der Waals surface area contributed by atoms with Crippen molar-refractivity contribution in [2.45, 2.75) is 45.1 Å². The molecule has 0 saturated carbocycles. The van der Waals surface area contributed by atoms with Crippen molar-refractivity contribution in [2.75, 3.05) is 5.32 Å². The Morgan fingerprint density at radius 2 is 2.00 bits per heavy atom. The number of carbonyl (C=O) groups is 1. The minimum atomic E-state index is -0.369. The standard InChI is InChI=1S/C26H25FN4O2/c1-17-15-29-31(22-12-6-8-18-7-2-3-9-19(18)22)26(17)30-24(32)13-14-25-28-16-23(33-25)20-10-4-5-11-21(20)27/h2-5,7,9-11,15-16,22H,6,8,12-14H2,1H3,(H,30,32). The molecule has 33 heavy (non-hydrogen) atoms. The molecule has 1 aliphatic carbocycles. The van der Waals surface area contributed by atoms with Crippen molar-refractivity contribution in [3.63, 3.8) is 0 Å². The third-order valence-corrected chi connectivity index (χ3v) is 6.13. The fourth-order valence-electron chi connectivity index (χ4n) is 4.45. The zero-order valence-corrected chi connectivity index (χ0v) is 18.4. The SMILES string of the molecule is Cc1cnn(C2CCCc3ccccc32)c1NC(=O)CCc1ncc(-c2ccccc2F)o1. The van der Waals surface area contributed by atoms with Gasteiger partial charge in [0.15, 0.2) is 11.7 Å². The molecule has 2 aromatic heterocycles. The van der Waals surface area contributed by atoms with E-state index in [-0.39, 0.29) is 24.2 Å². The normalized spacial score (nSPS) is 15.3. The highest BCUT2D eigenvalue weighted by Crippen LogP contribution is 2.35. The number of carbonyl (C=O) groups excluding carboxylic acids is 1. The molecule has 1 aliphatic rings. The van der Waals surface area contributed by atoms with E-state index < -0.39 is 0 Å². The van der Waals surface area contributed by atoms with Gasteiger partial charge in [-0.05, 0) is 49.4 Å². The van der Waals surface area contributed by atoms with E-state index in [0.29, 0.717) is 23.6 Å². The van der Waals surface area contributed by atoms with E-state index in [4.69, 9.17) is 4.42 Å². The van der Waals surface area contributed by atoms with Crippen LogP contribution < -0.4 is 5.32 Å². The highest BCUT2D eigenvalue weighted by atomic mass is 19.1. The van der Waals surface area contributed by atoms with Gasteiger partial charge in [-0.15, -0.1) is 0 Å². The molecule has 1 amide bonds. The molecular formula is C26H25FN4O2. The van der Waals surface area contributed by atoms with E-state index in [9.17, 15) is 9.18 Å². The second kappa shape index (κ2) is 9.02. The lowest BCUT2D eigenvalue weighted by molar-refractivity contribution is -0.116. The van der Waals surface area contributed by atoms with E-state index in [0.717, 1.165) is 30.6 Å². The van der Waals surface area contributed by atoms with Crippen LogP contribution in [0.1, 0.15) is 47.9 Å². The number of aromatic nitrogens is 3. The Labute approximate surface area is 191 Å². The monoisotopic (exact) mass is 444 g/mol. The predicted molar refractivity (Wildman–Crippen MR) is 123 cm³/mol. The Kier molecular flexibility index (Phi) is 5.77. The summed E-state index contributed by atoms with van der Waals surface area (Å²) in [6.07, 6.45) is 6.94. The zero-order valence-electron chi connectivity index (χ0n) is 18.4.